The molecule has 0 aromatic heterocycles. The van der Waals surface area contributed by atoms with Gasteiger partial charge in [-0.05, 0) is 68.7 Å². The standard InChI is InChI=1S/C24H27BrF2N2O3/c1-24(2,3)32-23(30)28-21-10-18(29-11-14-4-5-16(25)8-15(14)12-29)13-31-22(21)19-9-17(26)6-7-20(19)27/h4-9,18,21-22H,10-13H2,1-3H3,(H,28,30)/t18?,21-,22+/m0/s1. The van der Waals surface area contributed by atoms with E-state index in [9.17, 15) is 13.6 Å². The Morgan fingerprint density at radius 3 is 2.66 bits per heavy atom. The number of nitrogens with zero attached hydrogens (tertiary/aromatic N) is 1. The van der Waals surface area contributed by atoms with Crippen molar-refractivity contribution in [1.82, 2.24) is 10.2 Å². The molecule has 32 heavy (non-hydrogen) atoms. The highest BCUT2D eigenvalue weighted by Crippen LogP contribution is 2.36. The number of amides is 1. The quantitative estimate of drug-likeness (QED) is 0.597. The first kappa shape index (κ1) is 23.1. The molecule has 1 amide bonds. The number of nitrogens with one attached hydrogen (secondary N) is 1. The average Bonchev–Trinajstić information content (AvgIpc) is 3.11. The van der Waals surface area contributed by atoms with Crippen molar-refractivity contribution in [2.24, 2.45) is 0 Å². The fourth-order valence-electron chi connectivity index (χ4n) is 4.35. The summed E-state index contributed by atoms with van der Waals surface area (Å²) in [7, 11) is 0. The van der Waals surface area contributed by atoms with Gasteiger partial charge in [0.15, 0.2) is 0 Å². The van der Waals surface area contributed by atoms with Crippen LogP contribution in [0.5, 0.6) is 0 Å². The number of carbonyl (C=O) groups is 1. The van der Waals surface area contributed by atoms with Crippen molar-refractivity contribution in [3.05, 3.63) is 69.2 Å². The van der Waals surface area contributed by atoms with Gasteiger partial charge in [-0.25, -0.2) is 13.6 Å². The maximum absolute atomic E-state index is 14.5. The van der Waals surface area contributed by atoms with Crippen LogP contribution >= 0.6 is 15.9 Å². The van der Waals surface area contributed by atoms with E-state index in [4.69, 9.17) is 9.47 Å². The van der Waals surface area contributed by atoms with Crippen LogP contribution in [0.15, 0.2) is 40.9 Å². The normalized spacial score (nSPS) is 23.6. The van der Waals surface area contributed by atoms with E-state index >= 15 is 0 Å². The monoisotopic (exact) mass is 508 g/mol. The third-order valence-corrected chi connectivity index (χ3v) is 6.25. The third-order valence-electron chi connectivity index (χ3n) is 5.76. The van der Waals surface area contributed by atoms with Gasteiger partial charge in [-0.2, -0.15) is 0 Å². The van der Waals surface area contributed by atoms with E-state index in [0.717, 1.165) is 35.8 Å². The maximum atomic E-state index is 14.5. The van der Waals surface area contributed by atoms with Crippen LogP contribution in [0.2, 0.25) is 0 Å². The van der Waals surface area contributed by atoms with Crippen LogP contribution in [-0.2, 0) is 22.6 Å². The summed E-state index contributed by atoms with van der Waals surface area (Å²) in [5.41, 5.74) is 1.92. The second kappa shape index (κ2) is 9.08. The summed E-state index contributed by atoms with van der Waals surface area (Å²) in [6.45, 7) is 7.21. The van der Waals surface area contributed by atoms with Crippen molar-refractivity contribution in [2.45, 2.75) is 64.1 Å². The number of halogens is 3. The molecule has 0 spiro atoms. The molecule has 2 aromatic carbocycles. The van der Waals surface area contributed by atoms with Crippen LogP contribution in [0.4, 0.5) is 13.6 Å². The molecule has 172 valence electrons. The highest BCUT2D eigenvalue weighted by Gasteiger charge is 2.39. The van der Waals surface area contributed by atoms with Crippen molar-refractivity contribution < 1.29 is 23.0 Å². The number of hydrogen-bond donors (Lipinski definition) is 1. The lowest BCUT2D eigenvalue weighted by molar-refractivity contribution is -0.0627. The molecule has 8 heteroatoms. The summed E-state index contributed by atoms with van der Waals surface area (Å²) < 4.78 is 40.9. The average molecular weight is 509 g/mol. The molecule has 1 saturated heterocycles. The largest absolute Gasteiger partial charge is 0.444 e. The number of rotatable bonds is 3. The lowest BCUT2D eigenvalue weighted by Gasteiger charge is -2.40. The SMILES string of the molecule is CC(C)(C)OC(=O)N[C@H]1CC(N2Cc3ccc(Br)cc3C2)CO[C@@H]1c1cc(F)ccc1F. The summed E-state index contributed by atoms with van der Waals surface area (Å²) in [6.07, 6.45) is -0.898. The lowest BCUT2D eigenvalue weighted by atomic mass is 9.92. The lowest BCUT2D eigenvalue weighted by Crippen LogP contribution is -2.52. The molecule has 1 fully saturated rings. The van der Waals surface area contributed by atoms with Gasteiger partial charge in [-0.3, -0.25) is 4.90 Å². The topological polar surface area (TPSA) is 50.8 Å². The number of fused-ring (bicyclic) bond motifs is 1. The first-order valence-electron chi connectivity index (χ1n) is 10.7. The molecule has 0 bridgehead atoms. The van der Waals surface area contributed by atoms with Gasteiger partial charge in [-0.15, -0.1) is 0 Å². The van der Waals surface area contributed by atoms with Crippen LogP contribution in [0.25, 0.3) is 0 Å². The Hall–Kier alpha value is -2.03. The van der Waals surface area contributed by atoms with Gasteiger partial charge < -0.3 is 14.8 Å². The van der Waals surface area contributed by atoms with E-state index < -0.39 is 35.5 Å². The number of hydrogen-bond acceptors (Lipinski definition) is 4. The summed E-state index contributed by atoms with van der Waals surface area (Å²) >= 11 is 3.52. The highest BCUT2D eigenvalue weighted by molar-refractivity contribution is 9.10. The zero-order valence-electron chi connectivity index (χ0n) is 18.3. The van der Waals surface area contributed by atoms with E-state index in [1.165, 1.54) is 11.1 Å². The second-order valence-electron chi connectivity index (χ2n) is 9.38. The zero-order chi connectivity index (χ0) is 23.0. The summed E-state index contributed by atoms with van der Waals surface area (Å²) in [5, 5.41) is 2.84. The predicted octanol–water partition coefficient (Wildman–Crippen LogP) is 5.47. The molecule has 2 heterocycles. The minimum atomic E-state index is -0.811. The van der Waals surface area contributed by atoms with Crippen LogP contribution in [0.3, 0.4) is 0 Å². The van der Waals surface area contributed by atoms with Gasteiger partial charge in [0.1, 0.15) is 23.3 Å². The molecule has 2 aliphatic heterocycles. The number of benzene rings is 2. The molecule has 1 unspecified atom stereocenters. The Balaban J connectivity index is 1.54. The molecular weight excluding hydrogens is 482 g/mol. The fraction of sp³-hybridized carbons (Fsp3) is 0.458. The van der Waals surface area contributed by atoms with E-state index in [0.29, 0.717) is 13.0 Å². The van der Waals surface area contributed by atoms with E-state index in [2.05, 4.69) is 38.3 Å². The van der Waals surface area contributed by atoms with Crippen LogP contribution in [0.1, 0.15) is 50.0 Å². The first-order chi connectivity index (χ1) is 15.1. The fourth-order valence-corrected chi connectivity index (χ4v) is 4.76. The third kappa shape index (κ3) is 5.30. The molecule has 2 aromatic rings. The van der Waals surface area contributed by atoms with Crippen molar-refractivity contribution in [2.75, 3.05) is 6.61 Å². The van der Waals surface area contributed by atoms with Gasteiger partial charge in [-0.1, -0.05) is 22.0 Å². The summed E-state index contributed by atoms with van der Waals surface area (Å²) in [6, 6.07) is 8.96. The van der Waals surface area contributed by atoms with Crippen LogP contribution in [0, 0.1) is 11.6 Å². The van der Waals surface area contributed by atoms with E-state index in [-0.39, 0.29) is 11.6 Å². The molecule has 0 radical (unpaired) electrons. The Bertz CT molecular complexity index is 1010. The minimum Gasteiger partial charge on any atom is -0.444 e. The Kier molecular flexibility index (Phi) is 6.56. The van der Waals surface area contributed by atoms with Gasteiger partial charge in [0, 0.05) is 29.2 Å². The molecule has 0 aliphatic carbocycles. The number of carbonyl (C=O) groups excluding carboxylic acids is 1. The zero-order valence-corrected chi connectivity index (χ0v) is 19.9. The summed E-state index contributed by atoms with van der Waals surface area (Å²) in [4.78, 5) is 14.8. The van der Waals surface area contributed by atoms with Crippen molar-refractivity contribution >= 4 is 22.0 Å². The van der Waals surface area contributed by atoms with Crippen LogP contribution < -0.4 is 5.32 Å². The van der Waals surface area contributed by atoms with Gasteiger partial charge >= 0.3 is 6.09 Å². The molecule has 3 atom stereocenters. The summed E-state index contributed by atoms with van der Waals surface area (Å²) in [5.74, 6) is -1.12. The molecule has 0 saturated carbocycles. The highest BCUT2D eigenvalue weighted by atomic mass is 79.9. The van der Waals surface area contributed by atoms with Gasteiger partial charge in [0.25, 0.3) is 0 Å². The number of alkyl carbamates (subject to hydrolysis) is 1. The molecule has 5 nitrogen and oxygen atoms in total. The molecular formula is C24H27BrF2N2O3. The first-order valence-corrected chi connectivity index (χ1v) is 11.5. The van der Waals surface area contributed by atoms with E-state index in [1.54, 1.807) is 20.8 Å². The van der Waals surface area contributed by atoms with Crippen molar-refractivity contribution in [1.29, 1.82) is 0 Å². The molecule has 1 N–H and O–H groups in total. The maximum Gasteiger partial charge on any atom is 0.407 e. The predicted molar refractivity (Wildman–Crippen MR) is 120 cm³/mol. The molecule has 2 aliphatic rings. The minimum absolute atomic E-state index is 0.00832. The number of ether oxygens (including phenoxy) is 2. The van der Waals surface area contributed by atoms with Crippen molar-refractivity contribution in [3.8, 4) is 0 Å². The second-order valence-corrected chi connectivity index (χ2v) is 10.3. The molecule has 4 rings (SSSR count). The Morgan fingerprint density at radius 1 is 1.16 bits per heavy atom. The Morgan fingerprint density at radius 2 is 1.91 bits per heavy atom. The Labute approximate surface area is 195 Å². The van der Waals surface area contributed by atoms with Crippen molar-refractivity contribution in [3.63, 3.8) is 0 Å². The van der Waals surface area contributed by atoms with Gasteiger partial charge in [0.2, 0.25) is 0 Å². The smallest absolute Gasteiger partial charge is 0.407 e. The van der Waals surface area contributed by atoms with E-state index in [1.807, 2.05) is 6.07 Å². The van der Waals surface area contributed by atoms with Crippen LogP contribution in [-0.4, -0.2) is 35.3 Å². The van der Waals surface area contributed by atoms with Gasteiger partial charge in [0.05, 0.1) is 12.6 Å².